The first-order chi connectivity index (χ1) is 7.75. The summed E-state index contributed by atoms with van der Waals surface area (Å²) >= 11 is 8.49. The van der Waals surface area contributed by atoms with E-state index in [2.05, 4.69) is 37.9 Å². The molecule has 2 rings (SSSR count). The number of aromatic nitrogens is 2. The molecule has 1 aromatic rings. The quantitative estimate of drug-likeness (QED) is 0.671. The molecule has 2 unspecified atom stereocenters. The lowest BCUT2D eigenvalue weighted by atomic mass is 9.89. The molecule has 0 aliphatic heterocycles. The third-order valence-electron chi connectivity index (χ3n) is 2.96. The van der Waals surface area contributed by atoms with Crippen molar-refractivity contribution in [2.24, 2.45) is 5.92 Å². The van der Waals surface area contributed by atoms with E-state index >= 15 is 0 Å². The van der Waals surface area contributed by atoms with Crippen molar-refractivity contribution in [3.8, 4) is 0 Å². The van der Waals surface area contributed by atoms with Crippen molar-refractivity contribution in [2.75, 3.05) is 11.9 Å². The number of alkyl halides is 1. The van der Waals surface area contributed by atoms with E-state index in [1.54, 1.807) is 0 Å². The maximum absolute atomic E-state index is 6.29. The minimum Gasteiger partial charge on any atom is -0.354 e. The van der Waals surface area contributed by atoms with Crippen molar-refractivity contribution >= 4 is 40.1 Å². The second-order valence-corrected chi connectivity index (χ2v) is 5.97. The largest absolute Gasteiger partial charge is 0.354 e. The molecule has 16 heavy (non-hydrogen) atoms. The molecule has 2 atom stereocenters. The highest BCUT2D eigenvalue weighted by Gasteiger charge is 2.22. The molecule has 1 heterocycles. The van der Waals surface area contributed by atoms with E-state index in [9.17, 15) is 0 Å². The summed E-state index contributed by atoms with van der Waals surface area (Å²) in [6, 6.07) is 0. The zero-order valence-corrected chi connectivity index (χ0v) is 11.9. The van der Waals surface area contributed by atoms with Crippen LogP contribution < -0.4 is 5.32 Å². The Labute approximate surface area is 115 Å². The van der Waals surface area contributed by atoms with Gasteiger partial charge in [-0.2, -0.15) is 0 Å². The number of halogens is 2. The van der Waals surface area contributed by atoms with Crippen LogP contribution in [0.4, 0.5) is 5.95 Å². The van der Waals surface area contributed by atoms with E-state index in [1.807, 2.05) is 12.4 Å². The summed E-state index contributed by atoms with van der Waals surface area (Å²) in [7, 11) is 0. The summed E-state index contributed by atoms with van der Waals surface area (Å²) in [6.07, 6.45) is 8.55. The van der Waals surface area contributed by atoms with Crippen molar-refractivity contribution in [1.29, 1.82) is 0 Å². The number of nitrogens with zero attached hydrogens (tertiary/aromatic N) is 2. The van der Waals surface area contributed by atoms with Crippen molar-refractivity contribution in [3.05, 3.63) is 16.0 Å². The van der Waals surface area contributed by atoms with Gasteiger partial charge < -0.3 is 5.32 Å². The van der Waals surface area contributed by atoms with Gasteiger partial charge in [0.1, 0.15) is 0 Å². The second-order valence-electron chi connectivity index (χ2n) is 4.17. The Balaban J connectivity index is 1.84. The lowest BCUT2D eigenvalue weighted by Crippen LogP contribution is -2.27. The summed E-state index contributed by atoms with van der Waals surface area (Å²) in [5.74, 6) is 1.26. The lowest BCUT2D eigenvalue weighted by molar-refractivity contribution is 0.380. The number of hydrogen-bond acceptors (Lipinski definition) is 3. The molecule has 88 valence electrons. The van der Waals surface area contributed by atoms with Crippen LogP contribution >= 0.6 is 34.2 Å². The third-order valence-corrected chi connectivity index (χ3v) is 4.09. The lowest BCUT2D eigenvalue weighted by Gasteiger charge is -2.26. The Morgan fingerprint density at radius 1 is 1.31 bits per heavy atom. The maximum atomic E-state index is 6.29. The molecule has 1 aromatic heterocycles. The van der Waals surface area contributed by atoms with Crippen LogP contribution in [0.1, 0.15) is 25.7 Å². The van der Waals surface area contributed by atoms with Crippen LogP contribution in [-0.4, -0.2) is 21.9 Å². The number of nitrogens with one attached hydrogen (secondary N) is 1. The predicted octanol–water partition coefficient (Wildman–Crippen LogP) is 3.29. The van der Waals surface area contributed by atoms with Crippen LogP contribution in [0.15, 0.2) is 12.4 Å². The van der Waals surface area contributed by atoms with E-state index < -0.39 is 0 Å². The van der Waals surface area contributed by atoms with E-state index in [4.69, 9.17) is 11.6 Å². The molecular formula is C11H15ClIN3. The molecule has 1 saturated carbocycles. The van der Waals surface area contributed by atoms with Crippen molar-refractivity contribution < 1.29 is 0 Å². The first-order valence-electron chi connectivity index (χ1n) is 5.61. The average Bonchev–Trinajstić information content (AvgIpc) is 2.30. The van der Waals surface area contributed by atoms with Gasteiger partial charge >= 0.3 is 0 Å². The van der Waals surface area contributed by atoms with Gasteiger partial charge in [0.05, 0.1) is 0 Å². The Morgan fingerprint density at radius 3 is 2.69 bits per heavy atom. The molecule has 0 spiro atoms. The van der Waals surface area contributed by atoms with E-state index in [-0.39, 0.29) is 0 Å². The fourth-order valence-corrected chi connectivity index (χ4v) is 2.67. The van der Waals surface area contributed by atoms with Gasteiger partial charge in [0.15, 0.2) is 0 Å². The Bertz CT molecular complexity index is 331. The molecule has 3 nitrogen and oxygen atoms in total. The summed E-state index contributed by atoms with van der Waals surface area (Å²) in [5, 5.41) is 3.57. The Kier molecular flexibility index (Phi) is 4.64. The van der Waals surface area contributed by atoms with Gasteiger partial charge in [-0.3, -0.25) is 0 Å². The Hall–Kier alpha value is -0.100. The molecule has 1 aliphatic rings. The monoisotopic (exact) mass is 351 g/mol. The number of rotatable bonds is 3. The summed E-state index contributed by atoms with van der Waals surface area (Å²) in [6.45, 7) is 0.884. The number of hydrogen-bond donors (Lipinski definition) is 1. The first-order valence-corrected chi connectivity index (χ1v) is 7.12. The predicted molar refractivity (Wildman–Crippen MR) is 74.8 cm³/mol. The standard InChI is InChI=1S/C11H15ClIN3/c12-10-4-2-1-3-8(10)5-14-11-15-6-9(13)7-16-11/h6-8,10H,1-5H2,(H,14,15,16). The summed E-state index contributed by atoms with van der Waals surface area (Å²) < 4.78 is 1.05. The highest BCUT2D eigenvalue weighted by Crippen LogP contribution is 2.28. The van der Waals surface area contributed by atoms with Crippen molar-refractivity contribution in [2.45, 2.75) is 31.1 Å². The molecule has 1 aliphatic carbocycles. The van der Waals surface area contributed by atoms with Gasteiger partial charge in [-0.25, -0.2) is 9.97 Å². The van der Waals surface area contributed by atoms with Crippen molar-refractivity contribution in [1.82, 2.24) is 9.97 Å². The van der Waals surface area contributed by atoms with Gasteiger partial charge in [-0.1, -0.05) is 12.8 Å². The molecule has 0 bridgehead atoms. The minimum atomic E-state index is 0.310. The topological polar surface area (TPSA) is 37.8 Å². The molecule has 0 aromatic carbocycles. The van der Waals surface area contributed by atoms with Crippen LogP contribution in [0.5, 0.6) is 0 Å². The maximum Gasteiger partial charge on any atom is 0.222 e. The van der Waals surface area contributed by atoms with Crippen molar-refractivity contribution in [3.63, 3.8) is 0 Å². The Morgan fingerprint density at radius 2 is 2.00 bits per heavy atom. The summed E-state index contributed by atoms with van der Waals surface area (Å²) in [4.78, 5) is 8.43. The number of anilines is 1. The van der Waals surface area contributed by atoms with Crippen LogP contribution in [-0.2, 0) is 0 Å². The van der Waals surface area contributed by atoms with E-state index in [0.717, 1.165) is 16.5 Å². The molecule has 1 N–H and O–H groups in total. The third kappa shape index (κ3) is 3.45. The highest BCUT2D eigenvalue weighted by atomic mass is 127. The van der Waals surface area contributed by atoms with E-state index in [1.165, 1.54) is 19.3 Å². The minimum absolute atomic E-state index is 0.310. The molecule has 0 radical (unpaired) electrons. The molecule has 5 heteroatoms. The van der Waals surface area contributed by atoms with Crippen LogP contribution in [0.3, 0.4) is 0 Å². The first kappa shape index (κ1) is 12.4. The summed E-state index contributed by atoms with van der Waals surface area (Å²) in [5.41, 5.74) is 0. The average molecular weight is 352 g/mol. The van der Waals surface area contributed by atoms with Gasteiger partial charge in [0.25, 0.3) is 0 Å². The normalized spacial score (nSPS) is 25.4. The molecule has 1 fully saturated rings. The van der Waals surface area contributed by atoms with Gasteiger partial charge in [-0.05, 0) is 41.4 Å². The molecular weight excluding hydrogens is 336 g/mol. The van der Waals surface area contributed by atoms with Gasteiger partial charge in [0, 0.05) is 27.9 Å². The van der Waals surface area contributed by atoms with E-state index in [0.29, 0.717) is 17.2 Å². The van der Waals surface area contributed by atoms with Gasteiger partial charge in [-0.15, -0.1) is 11.6 Å². The smallest absolute Gasteiger partial charge is 0.222 e. The highest BCUT2D eigenvalue weighted by molar-refractivity contribution is 14.1. The van der Waals surface area contributed by atoms with Crippen LogP contribution in [0.25, 0.3) is 0 Å². The SMILES string of the molecule is ClC1CCCCC1CNc1ncc(I)cn1. The fourth-order valence-electron chi connectivity index (χ4n) is 2.02. The van der Waals surface area contributed by atoms with Gasteiger partial charge in [0.2, 0.25) is 5.95 Å². The molecule has 0 saturated heterocycles. The fraction of sp³-hybridized carbons (Fsp3) is 0.636. The zero-order valence-electron chi connectivity index (χ0n) is 9.00. The second kappa shape index (κ2) is 6.00. The molecule has 0 amide bonds. The zero-order chi connectivity index (χ0) is 11.4. The van der Waals surface area contributed by atoms with Crippen LogP contribution in [0.2, 0.25) is 0 Å². The van der Waals surface area contributed by atoms with Crippen LogP contribution in [0, 0.1) is 9.49 Å².